The number of aryl methyl sites for hydroxylation is 2. The average molecular weight is 377 g/mol. The second-order valence-corrected chi connectivity index (χ2v) is 5.93. The minimum atomic E-state index is -0.438. The maximum atomic E-state index is 11.9. The molecule has 0 unspecified atom stereocenters. The third-order valence-corrected chi connectivity index (χ3v) is 3.98. The Morgan fingerprint density at radius 1 is 1.09 bits per heavy atom. The normalized spacial score (nSPS) is 10.0. The first-order valence-corrected chi connectivity index (χ1v) is 7.80. The minimum Gasteiger partial charge on any atom is -0.484 e. The highest BCUT2D eigenvalue weighted by Gasteiger charge is 2.08. The number of hydrazine groups is 1. The Kier molecular flexibility index (Phi) is 5.76. The van der Waals surface area contributed by atoms with Crippen molar-refractivity contribution in [2.45, 2.75) is 13.8 Å². The van der Waals surface area contributed by atoms with E-state index in [0.29, 0.717) is 11.3 Å². The van der Waals surface area contributed by atoms with Crippen LogP contribution in [0.4, 0.5) is 0 Å². The molecule has 2 N–H and O–H groups in total. The van der Waals surface area contributed by atoms with Gasteiger partial charge < -0.3 is 4.74 Å². The van der Waals surface area contributed by atoms with Gasteiger partial charge in [-0.2, -0.15) is 0 Å². The number of rotatable bonds is 4. The highest BCUT2D eigenvalue weighted by molar-refractivity contribution is 9.10. The van der Waals surface area contributed by atoms with Crippen LogP contribution in [-0.4, -0.2) is 18.4 Å². The topological polar surface area (TPSA) is 67.4 Å². The molecule has 2 amide bonds. The van der Waals surface area contributed by atoms with Crippen LogP contribution in [0.2, 0.25) is 0 Å². The summed E-state index contributed by atoms with van der Waals surface area (Å²) in [6.07, 6.45) is 0. The van der Waals surface area contributed by atoms with Crippen LogP contribution in [0.1, 0.15) is 21.5 Å². The molecule has 0 heterocycles. The Hall–Kier alpha value is -2.34. The summed E-state index contributed by atoms with van der Waals surface area (Å²) >= 11 is 3.40. The average Bonchev–Trinajstić information content (AvgIpc) is 2.53. The van der Waals surface area contributed by atoms with E-state index in [4.69, 9.17) is 4.74 Å². The van der Waals surface area contributed by atoms with Gasteiger partial charge in [0, 0.05) is 10.0 Å². The van der Waals surface area contributed by atoms with Gasteiger partial charge in [-0.25, -0.2) is 0 Å². The van der Waals surface area contributed by atoms with Gasteiger partial charge in [-0.15, -0.1) is 0 Å². The van der Waals surface area contributed by atoms with Crippen molar-refractivity contribution in [2.24, 2.45) is 0 Å². The standard InChI is InChI=1S/C17H17BrN2O3/c1-11-4-3-5-13(8-11)17(22)20-19-16(21)10-23-14-6-7-15(18)12(2)9-14/h3-9H,10H2,1-2H3,(H,19,21)(H,20,22). The lowest BCUT2D eigenvalue weighted by molar-refractivity contribution is -0.123. The van der Waals surface area contributed by atoms with E-state index in [1.807, 2.05) is 32.0 Å². The number of carbonyl (C=O) groups excluding carboxylic acids is 2. The fraction of sp³-hybridized carbons (Fsp3) is 0.176. The SMILES string of the molecule is Cc1cccc(C(=O)NNC(=O)COc2ccc(Br)c(C)c2)c1. The second-order valence-electron chi connectivity index (χ2n) is 5.07. The van der Waals surface area contributed by atoms with Gasteiger partial charge in [0.05, 0.1) is 0 Å². The van der Waals surface area contributed by atoms with Crippen LogP contribution in [-0.2, 0) is 4.79 Å². The molecule has 0 aliphatic rings. The van der Waals surface area contributed by atoms with Crippen molar-refractivity contribution < 1.29 is 14.3 Å². The molecular weight excluding hydrogens is 360 g/mol. The Morgan fingerprint density at radius 3 is 2.57 bits per heavy atom. The third kappa shape index (κ3) is 5.10. The third-order valence-electron chi connectivity index (χ3n) is 3.10. The molecule has 0 aliphatic carbocycles. The molecule has 0 aromatic heterocycles. The molecule has 2 rings (SSSR count). The van der Waals surface area contributed by atoms with Crippen LogP contribution >= 0.6 is 15.9 Å². The largest absolute Gasteiger partial charge is 0.484 e. The minimum absolute atomic E-state index is 0.185. The molecule has 0 saturated carbocycles. The lowest BCUT2D eigenvalue weighted by atomic mass is 10.1. The molecule has 0 radical (unpaired) electrons. The number of carbonyl (C=O) groups is 2. The molecule has 0 atom stereocenters. The number of benzene rings is 2. The van der Waals surface area contributed by atoms with Crippen LogP contribution in [0, 0.1) is 13.8 Å². The molecule has 2 aromatic rings. The zero-order chi connectivity index (χ0) is 16.8. The number of amides is 2. The van der Waals surface area contributed by atoms with Crippen LogP contribution in [0.15, 0.2) is 46.9 Å². The molecule has 0 fully saturated rings. The molecule has 23 heavy (non-hydrogen) atoms. The molecule has 6 heteroatoms. The van der Waals surface area contributed by atoms with E-state index >= 15 is 0 Å². The monoisotopic (exact) mass is 376 g/mol. The van der Waals surface area contributed by atoms with E-state index in [0.717, 1.165) is 15.6 Å². The van der Waals surface area contributed by atoms with Gasteiger partial charge in [-0.05, 0) is 49.7 Å². The molecule has 0 spiro atoms. The second kappa shape index (κ2) is 7.78. The quantitative estimate of drug-likeness (QED) is 0.806. The van der Waals surface area contributed by atoms with Crippen molar-refractivity contribution in [2.75, 3.05) is 6.61 Å². The number of nitrogens with one attached hydrogen (secondary N) is 2. The number of halogens is 1. The molecule has 5 nitrogen and oxygen atoms in total. The number of hydrogen-bond donors (Lipinski definition) is 2. The van der Waals surface area contributed by atoms with E-state index in [-0.39, 0.29) is 12.5 Å². The van der Waals surface area contributed by atoms with E-state index in [9.17, 15) is 9.59 Å². The van der Waals surface area contributed by atoms with Crippen molar-refractivity contribution in [1.82, 2.24) is 10.9 Å². The van der Waals surface area contributed by atoms with Gasteiger partial charge in [0.1, 0.15) is 5.75 Å². The van der Waals surface area contributed by atoms with E-state index in [1.54, 1.807) is 24.3 Å². The van der Waals surface area contributed by atoms with E-state index in [2.05, 4.69) is 26.8 Å². The predicted octanol–water partition coefficient (Wildman–Crippen LogP) is 2.91. The summed E-state index contributed by atoms with van der Waals surface area (Å²) in [4.78, 5) is 23.6. The maximum absolute atomic E-state index is 11.9. The van der Waals surface area contributed by atoms with Gasteiger partial charge in [0.25, 0.3) is 11.8 Å². The van der Waals surface area contributed by atoms with Crippen molar-refractivity contribution in [3.05, 3.63) is 63.6 Å². The van der Waals surface area contributed by atoms with E-state index < -0.39 is 5.91 Å². The number of ether oxygens (including phenoxy) is 1. The lowest BCUT2D eigenvalue weighted by Crippen LogP contribution is -2.43. The number of hydrogen-bond acceptors (Lipinski definition) is 3. The summed E-state index contributed by atoms with van der Waals surface area (Å²) in [5, 5.41) is 0. The van der Waals surface area contributed by atoms with Crippen LogP contribution in [0.3, 0.4) is 0 Å². The summed E-state index contributed by atoms with van der Waals surface area (Å²) in [5.74, 6) is -0.223. The van der Waals surface area contributed by atoms with Gasteiger partial charge >= 0.3 is 0 Å². The highest BCUT2D eigenvalue weighted by Crippen LogP contribution is 2.21. The Bertz CT molecular complexity index is 732. The Labute approximate surface area is 143 Å². The smallest absolute Gasteiger partial charge is 0.276 e. The summed E-state index contributed by atoms with van der Waals surface area (Å²) < 4.78 is 6.35. The van der Waals surface area contributed by atoms with Crippen LogP contribution < -0.4 is 15.6 Å². The summed E-state index contributed by atoms with van der Waals surface area (Å²) in [6, 6.07) is 12.5. The fourth-order valence-electron chi connectivity index (χ4n) is 1.88. The van der Waals surface area contributed by atoms with Crippen molar-refractivity contribution in [3.8, 4) is 5.75 Å². The fourth-order valence-corrected chi connectivity index (χ4v) is 2.12. The zero-order valence-electron chi connectivity index (χ0n) is 12.9. The molecule has 120 valence electrons. The van der Waals surface area contributed by atoms with Crippen molar-refractivity contribution in [3.63, 3.8) is 0 Å². The molecule has 0 saturated heterocycles. The molecule has 0 aliphatic heterocycles. The van der Waals surface area contributed by atoms with Gasteiger partial charge in [0.15, 0.2) is 6.61 Å². The lowest BCUT2D eigenvalue weighted by Gasteiger charge is -2.10. The molecular formula is C17H17BrN2O3. The maximum Gasteiger partial charge on any atom is 0.276 e. The van der Waals surface area contributed by atoms with Gasteiger partial charge in [-0.3, -0.25) is 20.4 Å². The Balaban J connectivity index is 1.81. The first kappa shape index (κ1) is 17.0. The van der Waals surface area contributed by atoms with Gasteiger partial charge in [0.2, 0.25) is 0 Å². The summed E-state index contributed by atoms with van der Waals surface area (Å²) in [5.41, 5.74) is 7.14. The van der Waals surface area contributed by atoms with Crippen molar-refractivity contribution >= 4 is 27.7 Å². The van der Waals surface area contributed by atoms with Crippen LogP contribution in [0.5, 0.6) is 5.75 Å². The van der Waals surface area contributed by atoms with E-state index in [1.165, 1.54) is 0 Å². The summed E-state index contributed by atoms with van der Waals surface area (Å²) in [7, 11) is 0. The Morgan fingerprint density at radius 2 is 1.87 bits per heavy atom. The highest BCUT2D eigenvalue weighted by atomic mass is 79.9. The summed E-state index contributed by atoms with van der Waals surface area (Å²) in [6.45, 7) is 3.64. The van der Waals surface area contributed by atoms with Crippen molar-refractivity contribution in [1.29, 1.82) is 0 Å². The molecule has 2 aromatic carbocycles. The molecule has 0 bridgehead atoms. The first-order chi connectivity index (χ1) is 11.0. The predicted molar refractivity (Wildman–Crippen MR) is 91.2 cm³/mol. The van der Waals surface area contributed by atoms with Gasteiger partial charge in [-0.1, -0.05) is 33.6 Å². The zero-order valence-corrected chi connectivity index (χ0v) is 14.4. The first-order valence-electron chi connectivity index (χ1n) is 7.00. The van der Waals surface area contributed by atoms with Crippen LogP contribution in [0.25, 0.3) is 0 Å².